The van der Waals surface area contributed by atoms with E-state index in [1.54, 1.807) is 39.3 Å². The molecule has 5 nitrogen and oxygen atoms in total. The molecule has 0 bridgehead atoms. The number of hydrogen-bond acceptors (Lipinski definition) is 3. The quantitative estimate of drug-likeness (QED) is 0.588. The van der Waals surface area contributed by atoms with Crippen molar-refractivity contribution in [3.63, 3.8) is 0 Å². The molecule has 2 heterocycles. The van der Waals surface area contributed by atoms with Crippen LogP contribution in [0.5, 0.6) is 5.75 Å². The van der Waals surface area contributed by atoms with Gasteiger partial charge in [0.2, 0.25) is 0 Å². The highest BCUT2D eigenvalue weighted by molar-refractivity contribution is 6.35. The lowest BCUT2D eigenvalue weighted by molar-refractivity contribution is -0.110. The number of nitrogens with one attached hydrogen (secondary N) is 2. The zero-order valence-electron chi connectivity index (χ0n) is 13.7. The third-order valence-electron chi connectivity index (χ3n) is 3.58. The Balaban J connectivity index is 2.14. The van der Waals surface area contributed by atoms with E-state index in [1.807, 2.05) is 18.2 Å². The SMILES string of the molecule is COc1cc[nH]c1C=C1C(=O)Nc2cccc(C#CC(C)(C)O)c21. The van der Waals surface area contributed by atoms with E-state index in [4.69, 9.17) is 4.74 Å². The number of amides is 1. The van der Waals surface area contributed by atoms with Crippen LogP contribution < -0.4 is 10.1 Å². The zero-order chi connectivity index (χ0) is 17.3. The van der Waals surface area contributed by atoms with Crippen LogP contribution in [0.25, 0.3) is 11.6 Å². The molecule has 1 aliphatic heterocycles. The summed E-state index contributed by atoms with van der Waals surface area (Å²) in [6, 6.07) is 7.28. The van der Waals surface area contributed by atoms with Crippen molar-refractivity contribution in [3.8, 4) is 17.6 Å². The van der Waals surface area contributed by atoms with Crippen LogP contribution >= 0.6 is 0 Å². The molecule has 3 N–H and O–H groups in total. The second-order valence-corrected chi connectivity index (χ2v) is 6.01. The first-order chi connectivity index (χ1) is 11.4. The standard InChI is InChI=1S/C19H18N2O3/c1-19(2,23)9-7-12-5-4-6-14-17(12)13(18(22)21-14)11-15-16(24-3)8-10-20-15/h4-6,8,10-11,20,23H,1-3H3,(H,21,22). The summed E-state index contributed by atoms with van der Waals surface area (Å²) in [5.74, 6) is 6.22. The van der Waals surface area contributed by atoms with E-state index >= 15 is 0 Å². The van der Waals surface area contributed by atoms with Crippen LogP contribution in [0.2, 0.25) is 0 Å². The van der Waals surface area contributed by atoms with Gasteiger partial charge in [0.1, 0.15) is 11.4 Å². The molecule has 24 heavy (non-hydrogen) atoms. The number of ether oxygens (including phenoxy) is 1. The monoisotopic (exact) mass is 322 g/mol. The van der Waals surface area contributed by atoms with Crippen molar-refractivity contribution in [2.45, 2.75) is 19.4 Å². The Bertz CT molecular complexity index is 889. The number of fused-ring (bicyclic) bond motifs is 1. The molecule has 1 aromatic heterocycles. The highest BCUT2D eigenvalue weighted by Crippen LogP contribution is 2.36. The Morgan fingerprint density at radius 3 is 2.79 bits per heavy atom. The smallest absolute Gasteiger partial charge is 0.256 e. The topological polar surface area (TPSA) is 74.4 Å². The number of aliphatic hydroxyl groups is 1. The molecule has 0 spiro atoms. The van der Waals surface area contributed by atoms with E-state index in [1.165, 1.54) is 0 Å². The minimum absolute atomic E-state index is 0.195. The van der Waals surface area contributed by atoms with Gasteiger partial charge in [0.15, 0.2) is 0 Å². The summed E-state index contributed by atoms with van der Waals surface area (Å²) in [6.45, 7) is 3.24. The van der Waals surface area contributed by atoms with Gasteiger partial charge >= 0.3 is 0 Å². The lowest BCUT2D eigenvalue weighted by Gasteiger charge is -2.07. The van der Waals surface area contributed by atoms with Gasteiger partial charge in [0, 0.05) is 17.3 Å². The average Bonchev–Trinajstić information content (AvgIpc) is 3.09. The van der Waals surface area contributed by atoms with Crippen molar-refractivity contribution >= 4 is 23.2 Å². The number of aromatic amines is 1. The highest BCUT2D eigenvalue weighted by atomic mass is 16.5. The number of rotatable bonds is 2. The predicted molar refractivity (Wildman–Crippen MR) is 93.5 cm³/mol. The minimum Gasteiger partial charge on any atom is -0.495 e. The van der Waals surface area contributed by atoms with Crippen molar-refractivity contribution in [1.82, 2.24) is 4.98 Å². The first-order valence-electron chi connectivity index (χ1n) is 7.52. The lowest BCUT2D eigenvalue weighted by Crippen LogP contribution is -2.14. The van der Waals surface area contributed by atoms with Gasteiger partial charge in [-0.15, -0.1) is 0 Å². The molecule has 122 valence electrons. The summed E-state index contributed by atoms with van der Waals surface area (Å²) in [7, 11) is 1.58. The number of hydrogen-bond donors (Lipinski definition) is 3. The lowest BCUT2D eigenvalue weighted by atomic mass is 9.99. The maximum Gasteiger partial charge on any atom is 0.256 e. The molecule has 1 amide bonds. The van der Waals surface area contributed by atoms with Gasteiger partial charge in [-0.2, -0.15) is 0 Å². The fourth-order valence-electron chi connectivity index (χ4n) is 2.52. The molecule has 5 heteroatoms. The molecule has 0 radical (unpaired) electrons. The summed E-state index contributed by atoms with van der Waals surface area (Å²) in [6.07, 6.45) is 3.49. The van der Waals surface area contributed by atoms with Crippen LogP contribution in [0, 0.1) is 11.8 Å². The molecule has 2 aromatic rings. The van der Waals surface area contributed by atoms with Crippen LogP contribution in [0.4, 0.5) is 5.69 Å². The molecule has 0 saturated heterocycles. The van der Waals surface area contributed by atoms with Crippen LogP contribution in [0.1, 0.15) is 30.7 Å². The number of aromatic nitrogens is 1. The van der Waals surface area contributed by atoms with E-state index in [2.05, 4.69) is 22.1 Å². The minimum atomic E-state index is -1.11. The van der Waals surface area contributed by atoms with Crippen LogP contribution in [0.3, 0.4) is 0 Å². The Labute approximate surface area is 140 Å². The van der Waals surface area contributed by atoms with Gasteiger partial charge in [0.25, 0.3) is 5.91 Å². The van der Waals surface area contributed by atoms with Crippen molar-refractivity contribution in [1.29, 1.82) is 0 Å². The van der Waals surface area contributed by atoms with Gasteiger partial charge in [-0.3, -0.25) is 4.79 Å². The van der Waals surface area contributed by atoms with Gasteiger partial charge in [-0.05, 0) is 38.1 Å². The predicted octanol–water partition coefficient (Wildman–Crippen LogP) is 2.64. The Kier molecular flexibility index (Phi) is 3.92. The molecular formula is C19H18N2O3. The van der Waals surface area contributed by atoms with Crippen LogP contribution in [-0.4, -0.2) is 28.7 Å². The van der Waals surface area contributed by atoms with Crippen molar-refractivity contribution in [3.05, 3.63) is 47.3 Å². The van der Waals surface area contributed by atoms with E-state index in [-0.39, 0.29) is 5.91 Å². The van der Waals surface area contributed by atoms with Gasteiger partial charge < -0.3 is 20.1 Å². The van der Waals surface area contributed by atoms with E-state index in [0.717, 1.165) is 5.56 Å². The maximum absolute atomic E-state index is 12.4. The van der Waals surface area contributed by atoms with Gasteiger partial charge in [-0.25, -0.2) is 0 Å². The number of methoxy groups -OCH3 is 1. The zero-order valence-corrected chi connectivity index (χ0v) is 13.7. The molecule has 0 atom stereocenters. The average molecular weight is 322 g/mol. The third kappa shape index (κ3) is 3.05. The number of carbonyl (C=O) groups excluding carboxylic acids is 1. The molecule has 0 fully saturated rings. The van der Waals surface area contributed by atoms with Gasteiger partial charge in [-0.1, -0.05) is 17.9 Å². The summed E-state index contributed by atoms with van der Waals surface area (Å²) in [5.41, 5.74) is 2.23. The van der Waals surface area contributed by atoms with E-state index < -0.39 is 5.60 Å². The molecule has 0 aliphatic carbocycles. The van der Waals surface area contributed by atoms with Crippen molar-refractivity contribution < 1.29 is 14.6 Å². The summed E-state index contributed by atoms with van der Waals surface area (Å²) < 4.78 is 5.27. The largest absolute Gasteiger partial charge is 0.495 e. The van der Waals surface area contributed by atoms with Crippen molar-refractivity contribution in [2.24, 2.45) is 0 Å². The van der Waals surface area contributed by atoms with Crippen LogP contribution in [-0.2, 0) is 4.79 Å². The first kappa shape index (κ1) is 15.9. The number of carbonyl (C=O) groups is 1. The molecule has 0 unspecified atom stereocenters. The Morgan fingerprint density at radius 2 is 2.08 bits per heavy atom. The third-order valence-corrected chi connectivity index (χ3v) is 3.58. The first-order valence-corrected chi connectivity index (χ1v) is 7.52. The van der Waals surface area contributed by atoms with E-state index in [9.17, 15) is 9.90 Å². The molecule has 1 aromatic carbocycles. The number of H-pyrrole nitrogens is 1. The summed E-state index contributed by atoms with van der Waals surface area (Å²) in [4.78, 5) is 15.4. The molecule has 3 rings (SSSR count). The Hall–Kier alpha value is -2.97. The molecule has 0 saturated carbocycles. The summed E-state index contributed by atoms with van der Waals surface area (Å²) in [5, 5.41) is 12.7. The number of benzene rings is 1. The van der Waals surface area contributed by atoms with Gasteiger partial charge in [0.05, 0.1) is 24.1 Å². The fraction of sp³-hybridized carbons (Fsp3) is 0.211. The normalized spacial score (nSPS) is 14.8. The van der Waals surface area contributed by atoms with Crippen LogP contribution in [0.15, 0.2) is 30.5 Å². The maximum atomic E-state index is 12.4. The Morgan fingerprint density at radius 1 is 1.29 bits per heavy atom. The fourth-order valence-corrected chi connectivity index (χ4v) is 2.52. The highest BCUT2D eigenvalue weighted by Gasteiger charge is 2.27. The number of anilines is 1. The van der Waals surface area contributed by atoms with Crippen molar-refractivity contribution in [2.75, 3.05) is 12.4 Å². The summed E-state index contributed by atoms with van der Waals surface area (Å²) >= 11 is 0. The second-order valence-electron chi connectivity index (χ2n) is 6.01. The molecular weight excluding hydrogens is 304 g/mol. The molecule has 1 aliphatic rings. The second kappa shape index (κ2) is 5.91. The van der Waals surface area contributed by atoms with E-state index in [0.29, 0.717) is 28.3 Å².